The summed E-state index contributed by atoms with van der Waals surface area (Å²) in [5.74, 6) is 0.856. The van der Waals surface area contributed by atoms with E-state index >= 15 is 0 Å². The SMILES string of the molecule is OC1(Cc2ccco2)C=CCCC1. The summed E-state index contributed by atoms with van der Waals surface area (Å²) in [4.78, 5) is 0. The van der Waals surface area contributed by atoms with Gasteiger partial charge in [0.15, 0.2) is 0 Å². The highest BCUT2D eigenvalue weighted by Crippen LogP contribution is 2.25. The maximum Gasteiger partial charge on any atom is 0.106 e. The molecule has 1 atom stereocenters. The van der Waals surface area contributed by atoms with Crippen molar-refractivity contribution in [3.05, 3.63) is 36.3 Å². The standard InChI is InChI=1S/C11H14O2/c12-11(6-2-1-3-7-11)9-10-5-4-8-13-10/h2,4-6,8,12H,1,3,7,9H2. The molecule has 1 aliphatic rings. The third-order valence-electron chi connectivity index (χ3n) is 2.47. The fraction of sp³-hybridized carbons (Fsp3) is 0.455. The normalized spacial score (nSPS) is 27.8. The lowest BCUT2D eigenvalue weighted by Crippen LogP contribution is -2.30. The summed E-state index contributed by atoms with van der Waals surface area (Å²) in [6.07, 6.45) is 9.17. The summed E-state index contributed by atoms with van der Waals surface area (Å²) < 4.78 is 5.21. The molecule has 1 heterocycles. The molecular formula is C11H14O2. The van der Waals surface area contributed by atoms with Crippen LogP contribution in [0.15, 0.2) is 35.0 Å². The van der Waals surface area contributed by atoms with Crippen LogP contribution >= 0.6 is 0 Å². The molecule has 0 saturated heterocycles. The quantitative estimate of drug-likeness (QED) is 0.705. The van der Waals surface area contributed by atoms with Crippen molar-refractivity contribution in [2.24, 2.45) is 0 Å². The molecule has 0 spiro atoms. The van der Waals surface area contributed by atoms with E-state index in [1.807, 2.05) is 24.3 Å². The Balaban J connectivity index is 2.08. The number of aliphatic hydroxyl groups is 1. The van der Waals surface area contributed by atoms with Crippen LogP contribution in [-0.4, -0.2) is 10.7 Å². The lowest BCUT2D eigenvalue weighted by molar-refractivity contribution is 0.0697. The van der Waals surface area contributed by atoms with Crippen molar-refractivity contribution < 1.29 is 9.52 Å². The topological polar surface area (TPSA) is 33.4 Å². The Morgan fingerprint density at radius 2 is 2.46 bits per heavy atom. The number of hydrogen-bond donors (Lipinski definition) is 1. The smallest absolute Gasteiger partial charge is 0.106 e. The molecule has 1 aliphatic carbocycles. The van der Waals surface area contributed by atoms with E-state index in [9.17, 15) is 5.11 Å². The molecule has 0 aliphatic heterocycles. The number of hydrogen-bond acceptors (Lipinski definition) is 2. The minimum absolute atomic E-state index is 0.594. The van der Waals surface area contributed by atoms with Crippen LogP contribution < -0.4 is 0 Å². The molecule has 0 bridgehead atoms. The first-order valence-corrected chi connectivity index (χ1v) is 4.71. The summed E-state index contributed by atoms with van der Waals surface area (Å²) in [7, 11) is 0. The Kier molecular flexibility index (Phi) is 2.23. The average Bonchev–Trinajstić information content (AvgIpc) is 2.57. The molecule has 0 amide bonds. The third kappa shape index (κ3) is 2.01. The Morgan fingerprint density at radius 1 is 1.54 bits per heavy atom. The van der Waals surface area contributed by atoms with E-state index in [4.69, 9.17) is 4.42 Å². The van der Waals surface area contributed by atoms with Gasteiger partial charge in [0, 0.05) is 6.42 Å². The number of rotatable bonds is 2. The predicted molar refractivity (Wildman–Crippen MR) is 50.4 cm³/mol. The minimum atomic E-state index is -0.671. The molecule has 13 heavy (non-hydrogen) atoms. The van der Waals surface area contributed by atoms with E-state index in [0.29, 0.717) is 6.42 Å². The van der Waals surface area contributed by atoms with Crippen molar-refractivity contribution in [3.63, 3.8) is 0 Å². The van der Waals surface area contributed by atoms with Gasteiger partial charge in [0.05, 0.1) is 11.9 Å². The van der Waals surface area contributed by atoms with Crippen molar-refractivity contribution in [1.29, 1.82) is 0 Å². The van der Waals surface area contributed by atoms with Crippen LogP contribution in [-0.2, 0) is 6.42 Å². The second-order valence-electron chi connectivity index (χ2n) is 3.65. The summed E-state index contributed by atoms with van der Waals surface area (Å²) in [6.45, 7) is 0. The van der Waals surface area contributed by atoms with Crippen LogP contribution in [0.4, 0.5) is 0 Å². The first-order valence-electron chi connectivity index (χ1n) is 4.71. The highest BCUT2D eigenvalue weighted by atomic mass is 16.3. The molecule has 2 heteroatoms. The molecule has 70 valence electrons. The van der Waals surface area contributed by atoms with Crippen LogP contribution in [0.5, 0.6) is 0 Å². The van der Waals surface area contributed by atoms with E-state index in [2.05, 4.69) is 0 Å². The molecule has 0 aromatic carbocycles. The van der Waals surface area contributed by atoms with Gasteiger partial charge in [0.1, 0.15) is 5.76 Å². The van der Waals surface area contributed by atoms with Crippen LogP contribution in [0.2, 0.25) is 0 Å². The molecule has 1 N–H and O–H groups in total. The molecular weight excluding hydrogens is 164 g/mol. The molecule has 1 unspecified atom stereocenters. The largest absolute Gasteiger partial charge is 0.469 e. The molecule has 0 saturated carbocycles. The molecule has 1 aromatic heterocycles. The zero-order valence-electron chi connectivity index (χ0n) is 7.57. The van der Waals surface area contributed by atoms with Gasteiger partial charge in [-0.1, -0.05) is 12.2 Å². The maximum absolute atomic E-state index is 10.1. The van der Waals surface area contributed by atoms with Gasteiger partial charge in [0.25, 0.3) is 0 Å². The molecule has 2 rings (SSSR count). The van der Waals surface area contributed by atoms with Crippen LogP contribution in [0.1, 0.15) is 25.0 Å². The lowest BCUT2D eigenvalue weighted by Gasteiger charge is -2.26. The molecule has 1 aromatic rings. The Hall–Kier alpha value is -1.02. The first-order chi connectivity index (χ1) is 6.29. The Morgan fingerprint density at radius 3 is 3.08 bits per heavy atom. The summed E-state index contributed by atoms with van der Waals surface area (Å²) in [6, 6.07) is 3.76. The van der Waals surface area contributed by atoms with Gasteiger partial charge < -0.3 is 9.52 Å². The van der Waals surface area contributed by atoms with Crippen molar-refractivity contribution in [3.8, 4) is 0 Å². The van der Waals surface area contributed by atoms with Crippen LogP contribution in [0.25, 0.3) is 0 Å². The lowest BCUT2D eigenvalue weighted by atomic mass is 9.87. The summed E-state index contributed by atoms with van der Waals surface area (Å²) in [5.41, 5.74) is -0.671. The van der Waals surface area contributed by atoms with Gasteiger partial charge in [0.2, 0.25) is 0 Å². The third-order valence-corrected chi connectivity index (χ3v) is 2.47. The van der Waals surface area contributed by atoms with Crippen molar-refractivity contribution in [2.75, 3.05) is 0 Å². The van der Waals surface area contributed by atoms with Gasteiger partial charge in [-0.3, -0.25) is 0 Å². The van der Waals surface area contributed by atoms with Crippen molar-refractivity contribution >= 4 is 0 Å². The van der Waals surface area contributed by atoms with E-state index in [0.717, 1.165) is 25.0 Å². The van der Waals surface area contributed by atoms with Crippen LogP contribution in [0.3, 0.4) is 0 Å². The van der Waals surface area contributed by atoms with E-state index in [1.165, 1.54) is 0 Å². The minimum Gasteiger partial charge on any atom is -0.469 e. The van der Waals surface area contributed by atoms with E-state index < -0.39 is 5.60 Å². The number of furan rings is 1. The molecule has 2 nitrogen and oxygen atoms in total. The highest BCUT2D eigenvalue weighted by Gasteiger charge is 2.26. The number of allylic oxidation sites excluding steroid dienone is 1. The van der Waals surface area contributed by atoms with Gasteiger partial charge in [-0.05, 0) is 31.4 Å². The van der Waals surface area contributed by atoms with Gasteiger partial charge >= 0.3 is 0 Å². The van der Waals surface area contributed by atoms with Gasteiger partial charge in [-0.15, -0.1) is 0 Å². The summed E-state index contributed by atoms with van der Waals surface area (Å²) >= 11 is 0. The average molecular weight is 178 g/mol. The fourth-order valence-electron chi connectivity index (χ4n) is 1.77. The zero-order chi connectivity index (χ0) is 9.15. The molecule has 0 radical (unpaired) electrons. The Bertz CT molecular complexity index is 287. The summed E-state index contributed by atoms with van der Waals surface area (Å²) in [5, 5.41) is 10.1. The second kappa shape index (κ2) is 3.38. The van der Waals surface area contributed by atoms with E-state index in [1.54, 1.807) is 6.26 Å². The van der Waals surface area contributed by atoms with E-state index in [-0.39, 0.29) is 0 Å². The first kappa shape index (κ1) is 8.57. The maximum atomic E-state index is 10.1. The highest BCUT2D eigenvalue weighted by molar-refractivity contribution is 5.12. The monoisotopic (exact) mass is 178 g/mol. The zero-order valence-corrected chi connectivity index (χ0v) is 7.57. The predicted octanol–water partition coefficient (Wildman–Crippen LogP) is 2.29. The fourth-order valence-corrected chi connectivity index (χ4v) is 1.77. The second-order valence-corrected chi connectivity index (χ2v) is 3.65. The Labute approximate surface area is 77.9 Å². The molecule has 0 fully saturated rings. The van der Waals surface area contributed by atoms with Crippen LogP contribution in [0, 0.1) is 0 Å². The van der Waals surface area contributed by atoms with Crippen molar-refractivity contribution in [2.45, 2.75) is 31.3 Å². The van der Waals surface area contributed by atoms with Gasteiger partial charge in [-0.25, -0.2) is 0 Å². The van der Waals surface area contributed by atoms with Crippen molar-refractivity contribution in [1.82, 2.24) is 0 Å². The van der Waals surface area contributed by atoms with Gasteiger partial charge in [-0.2, -0.15) is 0 Å².